The van der Waals surface area contributed by atoms with Gasteiger partial charge in [-0.15, -0.1) is 0 Å². The van der Waals surface area contributed by atoms with Gasteiger partial charge in [-0.2, -0.15) is 0 Å². The van der Waals surface area contributed by atoms with E-state index in [2.05, 4.69) is 52.6 Å². The van der Waals surface area contributed by atoms with Gasteiger partial charge in [-0.25, -0.2) is 4.79 Å². The molecule has 0 aliphatic carbocycles. The van der Waals surface area contributed by atoms with Gasteiger partial charge >= 0.3 is 6.09 Å². The summed E-state index contributed by atoms with van der Waals surface area (Å²) in [6, 6.07) is 9.87. The van der Waals surface area contributed by atoms with Crippen LogP contribution in [0.3, 0.4) is 0 Å². The van der Waals surface area contributed by atoms with Gasteiger partial charge in [0.2, 0.25) is 0 Å². The molecule has 0 atom stereocenters. The van der Waals surface area contributed by atoms with Gasteiger partial charge in [-0.1, -0.05) is 12.1 Å². The molecular weight excluding hydrogens is 405 g/mol. The Hall–Kier alpha value is -1.76. The summed E-state index contributed by atoms with van der Waals surface area (Å²) in [5.41, 5.74) is 5.17. The molecule has 0 heterocycles. The molecule has 23 heavy (non-hydrogen) atoms. The number of benzene rings is 2. The largest absolute Gasteiger partial charge is 0.489 e. The Morgan fingerprint density at radius 3 is 2.52 bits per heavy atom. The van der Waals surface area contributed by atoms with Crippen molar-refractivity contribution in [3.8, 4) is 5.75 Å². The Bertz CT molecular complexity index is 728. The second-order valence-corrected chi connectivity index (χ2v) is 6.54. The minimum Gasteiger partial charge on any atom is -0.489 e. The molecule has 5 heteroatoms. The van der Waals surface area contributed by atoms with Crippen LogP contribution in [0.15, 0.2) is 30.3 Å². The first kappa shape index (κ1) is 17.6. The first-order chi connectivity index (χ1) is 10.9. The third-order valence-electron chi connectivity index (χ3n) is 3.70. The van der Waals surface area contributed by atoms with Crippen LogP contribution in [0, 0.1) is 24.3 Å². The number of ether oxygens (including phenoxy) is 2. The van der Waals surface area contributed by atoms with Crippen molar-refractivity contribution in [1.82, 2.24) is 0 Å². The molecule has 122 valence electrons. The van der Waals surface area contributed by atoms with Gasteiger partial charge in [0.15, 0.2) is 0 Å². The van der Waals surface area contributed by atoms with Gasteiger partial charge in [0.25, 0.3) is 0 Å². The van der Waals surface area contributed by atoms with Crippen molar-refractivity contribution in [3.63, 3.8) is 0 Å². The molecule has 0 aliphatic rings. The summed E-state index contributed by atoms with van der Waals surface area (Å²) in [5.74, 6) is 0.858. The Kier molecular flexibility index (Phi) is 5.87. The molecule has 0 bridgehead atoms. The summed E-state index contributed by atoms with van der Waals surface area (Å²) in [6.07, 6.45) is -0.490. The third-order valence-corrected chi connectivity index (χ3v) is 4.71. The highest BCUT2D eigenvalue weighted by molar-refractivity contribution is 14.1. The summed E-state index contributed by atoms with van der Waals surface area (Å²) in [7, 11) is 1.35. The van der Waals surface area contributed by atoms with Crippen LogP contribution in [-0.4, -0.2) is 13.2 Å². The lowest BCUT2D eigenvalue weighted by molar-refractivity contribution is 0.187. The summed E-state index contributed by atoms with van der Waals surface area (Å²) in [6.45, 7) is 6.57. The van der Waals surface area contributed by atoms with Crippen molar-refractivity contribution in [2.45, 2.75) is 27.4 Å². The van der Waals surface area contributed by atoms with Crippen LogP contribution in [0.4, 0.5) is 10.5 Å². The molecular formula is C18H20INO3. The Morgan fingerprint density at radius 1 is 1.13 bits per heavy atom. The highest BCUT2D eigenvalue weighted by Gasteiger charge is 2.12. The first-order valence-corrected chi connectivity index (χ1v) is 8.33. The lowest BCUT2D eigenvalue weighted by Crippen LogP contribution is -2.14. The fraction of sp³-hybridized carbons (Fsp3) is 0.278. The Labute approximate surface area is 150 Å². The van der Waals surface area contributed by atoms with Crippen LogP contribution < -0.4 is 10.1 Å². The van der Waals surface area contributed by atoms with E-state index < -0.39 is 6.09 Å². The lowest BCUT2D eigenvalue weighted by Gasteiger charge is -2.15. The van der Waals surface area contributed by atoms with E-state index >= 15 is 0 Å². The number of carbonyl (C=O) groups excluding carboxylic acids is 1. The van der Waals surface area contributed by atoms with Crippen LogP contribution in [-0.2, 0) is 11.3 Å². The molecule has 0 spiro atoms. The number of hydrogen-bond acceptors (Lipinski definition) is 3. The zero-order chi connectivity index (χ0) is 17.0. The van der Waals surface area contributed by atoms with E-state index in [0.29, 0.717) is 12.3 Å². The molecule has 0 aromatic heterocycles. The maximum Gasteiger partial charge on any atom is 0.411 e. The van der Waals surface area contributed by atoms with Gasteiger partial charge in [0.1, 0.15) is 12.4 Å². The van der Waals surface area contributed by atoms with Crippen LogP contribution in [0.25, 0.3) is 0 Å². The summed E-state index contributed by atoms with van der Waals surface area (Å²) < 4.78 is 11.7. The molecule has 0 saturated carbocycles. The molecule has 0 saturated heterocycles. The molecule has 1 N–H and O–H groups in total. The van der Waals surface area contributed by atoms with E-state index in [1.54, 1.807) is 0 Å². The maximum atomic E-state index is 11.5. The standard InChI is InChI=1S/C18H20INO3/c1-11-8-13(3)17(9-12(11)2)23-10-14-15(19)6-5-7-16(14)20-18(21)22-4/h5-9H,10H2,1-4H3,(H,20,21). The normalized spacial score (nSPS) is 10.3. The van der Waals surface area contributed by atoms with Crippen molar-refractivity contribution in [2.75, 3.05) is 12.4 Å². The number of nitrogens with one attached hydrogen (secondary N) is 1. The predicted octanol–water partition coefficient (Wildman–Crippen LogP) is 4.97. The summed E-state index contributed by atoms with van der Waals surface area (Å²) in [5, 5.41) is 2.73. The van der Waals surface area contributed by atoms with E-state index in [0.717, 1.165) is 20.4 Å². The van der Waals surface area contributed by atoms with Gasteiger partial charge < -0.3 is 9.47 Å². The number of anilines is 1. The number of aryl methyl sites for hydroxylation is 3. The molecule has 2 rings (SSSR count). The molecule has 0 radical (unpaired) electrons. The number of hydrogen-bond donors (Lipinski definition) is 1. The highest BCUT2D eigenvalue weighted by atomic mass is 127. The fourth-order valence-electron chi connectivity index (χ4n) is 2.22. The molecule has 2 aromatic carbocycles. The summed E-state index contributed by atoms with van der Waals surface area (Å²) in [4.78, 5) is 11.5. The lowest BCUT2D eigenvalue weighted by atomic mass is 10.1. The number of methoxy groups -OCH3 is 1. The Morgan fingerprint density at radius 2 is 1.83 bits per heavy atom. The molecule has 1 amide bonds. The molecule has 0 unspecified atom stereocenters. The van der Waals surface area contributed by atoms with Gasteiger partial charge in [0.05, 0.1) is 12.8 Å². The minimum atomic E-state index is -0.490. The van der Waals surface area contributed by atoms with Crippen LogP contribution in [0.1, 0.15) is 22.3 Å². The second kappa shape index (κ2) is 7.68. The minimum absolute atomic E-state index is 0.377. The smallest absolute Gasteiger partial charge is 0.411 e. The zero-order valence-electron chi connectivity index (χ0n) is 13.7. The first-order valence-electron chi connectivity index (χ1n) is 7.25. The van der Waals surface area contributed by atoms with E-state index in [4.69, 9.17) is 4.74 Å². The fourth-order valence-corrected chi connectivity index (χ4v) is 2.88. The molecule has 0 aliphatic heterocycles. The average Bonchev–Trinajstić information content (AvgIpc) is 2.51. The van der Waals surface area contributed by atoms with E-state index in [-0.39, 0.29) is 0 Å². The number of carbonyl (C=O) groups is 1. The zero-order valence-corrected chi connectivity index (χ0v) is 15.9. The van der Waals surface area contributed by atoms with Gasteiger partial charge in [-0.3, -0.25) is 5.32 Å². The quantitative estimate of drug-likeness (QED) is 0.704. The van der Waals surface area contributed by atoms with Crippen LogP contribution in [0.2, 0.25) is 0 Å². The van der Waals surface area contributed by atoms with Gasteiger partial charge in [0, 0.05) is 9.13 Å². The van der Waals surface area contributed by atoms with Crippen molar-refractivity contribution in [2.24, 2.45) is 0 Å². The van der Waals surface area contributed by atoms with Crippen molar-refractivity contribution >= 4 is 34.4 Å². The maximum absolute atomic E-state index is 11.5. The monoisotopic (exact) mass is 425 g/mol. The second-order valence-electron chi connectivity index (χ2n) is 5.37. The third kappa shape index (κ3) is 4.37. The average molecular weight is 425 g/mol. The SMILES string of the molecule is COC(=O)Nc1cccc(I)c1COc1cc(C)c(C)cc1C. The highest BCUT2D eigenvalue weighted by Crippen LogP contribution is 2.27. The number of halogens is 1. The van der Waals surface area contributed by atoms with Crippen LogP contribution in [0.5, 0.6) is 5.75 Å². The van der Waals surface area contributed by atoms with Crippen molar-refractivity contribution in [3.05, 3.63) is 56.2 Å². The van der Waals surface area contributed by atoms with E-state index in [9.17, 15) is 4.79 Å². The number of amides is 1. The molecule has 4 nitrogen and oxygen atoms in total. The van der Waals surface area contributed by atoms with E-state index in [1.807, 2.05) is 31.2 Å². The van der Waals surface area contributed by atoms with Crippen molar-refractivity contribution in [1.29, 1.82) is 0 Å². The van der Waals surface area contributed by atoms with Crippen LogP contribution >= 0.6 is 22.6 Å². The Balaban J connectivity index is 2.23. The van der Waals surface area contributed by atoms with E-state index in [1.165, 1.54) is 18.2 Å². The van der Waals surface area contributed by atoms with Crippen molar-refractivity contribution < 1.29 is 14.3 Å². The topological polar surface area (TPSA) is 47.6 Å². The van der Waals surface area contributed by atoms with Gasteiger partial charge in [-0.05, 0) is 78.3 Å². The predicted molar refractivity (Wildman–Crippen MR) is 100 cm³/mol. The molecule has 2 aromatic rings. The number of rotatable bonds is 4. The summed E-state index contributed by atoms with van der Waals surface area (Å²) >= 11 is 2.24. The molecule has 0 fully saturated rings.